The number of hydrogen-bond donors (Lipinski definition) is 0. The summed E-state index contributed by atoms with van der Waals surface area (Å²) in [6.07, 6.45) is 2.18. The summed E-state index contributed by atoms with van der Waals surface area (Å²) in [6.45, 7) is 0. The monoisotopic (exact) mass is 663 g/mol. The summed E-state index contributed by atoms with van der Waals surface area (Å²) >= 11 is 0. The molecule has 8 aromatic rings. The minimum Gasteiger partial charge on any atom is -0.212 e. The molecule has 3 nitrogen and oxygen atoms in total. The molecule has 0 amide bonds. The van der Waals surface area contributed by atoms with Crippen LogP contribution in [0.15, 0.2) is 164 Å². The minimum atomic E-state index is -0.104. The van der Waals surface area contributed by atoms with Gasteiger partial charge in [0, 0.05) is 11.1 Å². The molecule has 3 aliphatic rings. The Balaban J connectivity index is 1.03. The fourth-order valence-electron chi connectivity index (χ4n) is 9.04. The van der Waals surface area contributed by atoms with E-state index in [0.717, 1.165) is 29.8 Å². The van der Waals surface area contributed by atoms with E-state index in [4.69, 9.17) is 15.0 Å². The molecule has 0 N–H and O–H groups in total. The number of fused-ring (bicyclic) bond motifs is 7. The van der Waals surface area contributed by atoms with Crippen molar-refractivity contribution >= 4 is 0 Å². The Bertz CT molecular complexity index is 2640. The number of hydrogen-bond acceptors (Lipinski definition) is 3. The van der Waals surface area contributed by atoms with Crippen molar-refractivity contribution in [2.24, 2.45) is 0 Å². The smallest absolute Gasteiger partial charge is 0.163 e. The van der Waals surface area contributed by atoms with Gasteiger partial charge in [-0.05, 0) is 103 Å². The van der Waals surface area contributed by atoms with Crippen LogP contribution >= 0.6 is 0 Å². The molecule has 0 fully saturated rings. The Hall–Kier alpha value is -6.45. The molecular weight excluding hydrogens is 631 g/mol. The first kappa shape index (κ1) is 29.3. The summed E-state index contributed by atoms with van der Waals surface area (Å²) in [6, 6.07) is 59.2. The average molecular weight is 664 g/mol. The van der Waals surface area contributed by atoms with Gasteiger partial charge in [-0.1, -0.05) is 152 Å². The molecule has 2 unspecified atom stereocenters. The lowest BCUT2D eigenvalue weighted by Crippen LogP contribution is -2.18. The summed E-state index contributed by atoms with van der Waals surface area (Å²) in [4.78, 5) is 15.3. The largest absolute Gasteiger partial charge is 0.212 e. The van der Waals surface area contributed by atoms with Gasteiger partial charge in [-0.3, -0.25) is 0 Å². The molecule has 11 rings (SSSR count). The van der Waals surface area contributed by atoms with E-state index in [0.29, 0.717) is 17.6 Å². The summed E-state index contributed by atoms with van der Waals surface area (Å²) in [5.41, 5.74) is 19.4. The summed E-state index contributed by atoms with van der Waals surface area (Å²) in [5, 5.41) is 0. The van der Waals surface area contributed by atoms with Gasteiger partial charge in [-0.15, -0.1) is 0 Å². The van der Waals surface area contributed by atoms with Crippen LogP contribution in [0.4, 0.5) is 0 Å². The lowest BCUT2D eigenvalue weighted by molar-refractivity contribution is 0.666. The van der Waals surface area contributed by atoms with Crippen LogP contribution in [0.2, 0.25) is 0 Å². The van der Waals surface area contributed by atoms with Crippen molar-refractivity contribution in [3.63, 3.8) is 0 Å². The van der Waals surface area contributed by atoms with Crippen LogP contribution in [0.5, 0.6) is 0 Å². The molecule has 0 radical (unpaired) electrons. The summed E-state index contributed by atoms with van der Waals surface area (Å²) < 4.78 is 0. The quantitative estimate of drug-likeness (QED) is 0.188. The molecule has 0 aliphatic heterocycles. The van der Waals surface area contributed by atoms with Gasteiger partial charge in [-0.25, -0.2) is 15.0 Å². The summed E-state index contributed by atoms with van der Waals surface area (Å²) in [7, 11) is 0. The normalized spacial score (nSPS) is 15.9. The Labute approximate surface area is 303 Å². The molecule has 0 saturated heterocycles. The van der Waals surface area contributed by atoms with Crippen LogP contribution in [0, 0.1) is 0 Å². The molecule has 2 atom stereocenters. The average Bonchev–Trinajstić information content (AvgIpc) is 3.55. The van der Waals surface area contributed by atoms with Crippen molar-refractivity contribution in [1.82, 2.24) is 15.0 Å². The van der Waals surface area contributed by atoms with E-state index >= 15 is 0 Å². The minimum absolute atomic E-state index is 0.104. The van der Waals surface area contributed by atoms with Crippen LogP contribution < -0.4 is 0 Å². The molecule has 1 heterocycles. The van der Waals surface area contributed by atoms with E-state index < -0.39 is 0 Å². The molecule has 3 heteroatoms. The van der Waals surface area contributed by atoms with Crippen LogP contribution in [-0.4, -0.2) is 15.0 Å². The van der Waals surface area contributed by atoms with Crippen molar-refractivity contribution in [2.45, 2.75) is 24.7 Å². The molecule has 0 spiro atoms. The molecular formula is C49H33N3. The van der Waals surface area contributed by atoms with E-state index in [1.54, 1.807) is 0 Å². The lowest BCUT2D eigenvalue weighted by atomic mass is 9.69. The molecule has 0 saturated carbocycles. The first-order chi connectivity index (χ1) is 25.8. The molecule has 3 aliphatic carbocycles. The standard InChI is InChI=1S/C49H33N3/c1-3-12-30(13-4-1)47-50-48(31-14-5-2-6-15-31)52-49(51-47)46-40-19-10-9-18-38(40)44-29-33(24-25-42(44)46)32-22-23-35-27-36-26-34-16-7-8-17-37(34)39-20-11-21-41(45(36)39)43(35)28-32/h1-25,28-29,36,46H,26-27H2. The second-order valence-corrected chi connectivity index (χ2v) is 14.3. The highest BCUT2D eigenvalue weighted by Crippen LogP contribution is 2.52. The topological polar surface area (TPSA) is 38.7 Å². The Kier molecular flexibility index (Phi) is 6.50. The third kappa shape index (κ3) is 4.56. The van der Waals surface area contributed by atoms with Gasteiger partial charge in [0.15, 0.2) is 11.6 Å². The first-order valence-corrected chi connectivity index (χ1v) is 18.2. The molecule has 0 bridgehead atoms. The van der Waals surface area contributed by atoms with Gasteiger partial charge < -0.3 is 0 Å². The third-order valence-corrected chi connectivity index (χ3v) is 11.4. The second-order valence-electron chi connectivity index (χ2n) is 14.3. The molecule has 7 aromatic carbocycles. The molecule has 244 valence electrons. The van der Waals surface area contributed by atoms with Gasteiger partial charge >= 0.3 is 0 Å². The third-order valence-electron chi connectivity index (χ3n) is 11.4. The Morgan fingerprint density at radius 1 is 0.365 bits per heavy atom. The van der Waals surface area contributed by atoms with E-state index in [9.17, 15) is 0 Å². The fourth-order valence-corrected chi connectivity index (χ4v) is 9.04. The van der Waals surface area contributed by atoms with Crippen molar-refractivity contribution in [3.8, 4) is 67.3 Å². The zero-order valence-electron chi connectivity index (χ0n) is 28.5. The first-order valence-electron chi connectivity index (χ1n) is 18.2. The Morgan fingerprint density at radius 2 is 0.904 bits per heavy atom. The van der Waals surface area contributed by atoms with E-state index in [2.05, 4.69) is 127 Å². The van der Waals surface area contributed by atoms with Crippen molar-refractivity contribution in [2.75, 3.05) is 0 Å². The lowest BCUT2D eigenvalue weighted by Gasteiger charge is -2.34. The number of aromatic nitrogens is 3. The van der Waals surface area contributed by atoms with Gasteiger partial charge in [0.05, 0.1) is 5.92 Å². The number of benzene rings is 7. The molecule has 52 heavy (non-hydrogen) atoms. The van der Waals surface area contributed by atoms with Gasteiger partial charge in [0.2, 0.25) is 0 Å². The Morgan fingerprint density at radius 3 is 1.63 bits per heavy atom. The van der Waals surface area contributed by atoms with Crippen LogP contribution in [-0.2, 0) is 12.8 Å². The van der Waals surface area contributed by atoms with Crippen molar-refractivity contribution < 1.29 is 0 Å². The predicted octanol–water partition coefficient (Wildman–Crippen LogP) is 11.6. The predicted molar refractivity (Wildman–Crippen MR) is 210 cm³/mol. The van der Waals surface area contributed by atoms with Crippen molar-refractivity contribution in [1.29, 1.82) is 0 Å². The zero-order chi connectivity index (χ0) is 34.2. The van der Waals surface area contributed by atoms with Crippen molar-refractivity contribution in [3.05, 3.63) is 197 Å². The van der Waals surface area contributed by atoms with E-state index in [-0.39, 0.29) is 5.92 Å². The van der Waals surface area contributed by atoms with Gasteiger partial charge in [0.1, 0.15) is 5.82 Å². The maximum Gasteiger partial charge on any atom is 0.163 e. The van der Waals surface area contributed by atoms with E-state index in [1.807, 2.05) is 36.4 Å². The maximum atomic E-state index is 5.18. The fraction of sp³-hybridized carbons (Fsp3) is 0.0816. The van der Waals surface area contributed by atoms with Crippen LogP contribution in [0.25, 0.3) is 67.3 Å². The summed E-state index contributed by atoms with van der Waals surface area (Å²) in [5.74, 6) is 2.57. The highest BCUT2D eigenvalue weighted by molar-refractivity contribution is 5.89. The highest BCUT2D eigenvalue weighted by Gasteiger charge is 2.34. The van der Waals surface area contributed by atoms with Crippen LogP contribution in [0.1, 0.15) is 45.5 Å². The number of rotatable bonds is 4. The highest BCUT2D eigenvalue weighted by atomic mass is 15.0. The second kappa shape index (κ2) is 11.5. The SMILES string of the molecule is c1ccc(-c2nc(-c3ccccc3)nc(C3c4ccccc4-c4cc(-c5ccc6c(c5)-c5cccc7c5C(Cc5ccccc5-7)C6)ccc43)n2)cc1. The van der Waals surface area contributed by atoms with Gasteiger partial charge in [0.25, 0.3) is 0 Å². The van der Waals surface area contributed by atoms with E-state index in [1.165, 1.54) is 72.3 Å². The maximum absolute atomic E-state index is 5.18. The zero-order valence-corrected chi connectivity index (χ0v) is 28.5. The number of nitrogens with zero attached hydrogens (tertiary/aromatic N) is 3. The molecule has 1 aromatic heterocycles. The van der Waals surface area contributed by atoms with Crippen LogP contribution in [0.3, 0.4) is 0 Å². The van der Waals surface area contributed by atoms with Gasteiger partial charge in [-0.2, -0.15) is 0 Å².